The third-order valence-corrected chi connectivity index (χ3v) is 3.12. The molecule has 0 saturated carbocycles. The van der Waals surface area contributed by atoms with Crippen molar-refractivity contribution < 1.29 is 14.3 Å². The number of hydrogen-bond donors (Lipinski definition) is 0. The molecule has 0 bridgehead atoms. The Kier molecular flexibility index (Phi) is 6.97. The summed E-state index contributed by atoms with van der Waals surface area (Å²) in [6.45, 7) is 3.44. The van der Waals surface area contributed by atoms with Crippen molar-refractivity contribution in [2.24, 2.45) is 0 Å². The van der Waals surface area contributed by atoms with Gasteiger partial charge < -0.3 is 14.4 Å². The molecule has 1 aromatic rings. The van der Waals surface area contributed by atoms with E-state index < -0.39 is 0 Å². The van der Waals surface area contributed by atoms with E-state index in [1.807, 2.05) is 6.92 Å². The van der Waals surface area contributed by atoms with Gasteiger partial charge in [0, 0.05) is 37.6 Å². The molecule has 0 saturated heterocycles. The quantitative estimate of drug-likeness (QED) is 0.767. The zero-order chi connectivity index (χ0) is 14.3. The largest absolute Gasteiger partial charge is 0.383 e. The van der Waals surface area contributed by atoms with Crippen molar-refractivity contribution in [1.29, 1.82) is 0 Å². The number of aromatic nitrogens is 1. The maximum atomic E-state index is 12.5. The maximum Gasteiger partial charge on any atom is 0.255 e. The van der Waals surface area contributed by atoms with E-state index in [-0.39, 0.29) is 11.9 Å². The van der Waals surface area contributed by atoms with E-state index in [2.05, 4.69) is 20.9 Å². The number of halogens is 1. The Balaban J connectivity index is 2.86. The molecule has 106 valence electrons. The summed E-state index contributed by atoms with van der Waals surface area (Å²) in [6, 6.07) is 1.74. The molecule has 5 nitrogen and oxygen atoms in total. The fourth-order valence-electron chi connectivity index (χ4n) is 1.74. The molecule has 0 fully saturated rings. The smallest absolute Gasteiger partial charge is 0.255 e. The van der Waals surface area contributed by atoms with Crippen molar-refractivity contribution >= 4 is 21.8 Å². The minimum atomic E-state index is -0.0737. The second-order valence-corrected chi connectivity index (χ2v) is 5.10. The van der Waals surface area contributed by atoms with E-state index in [0.717, 1.165) is 4.47 Å². The number of nitrogens with zero attached hydrogens (tertiary/aromatic N) is 2. The Morgan fingerprint density at radius 3 is 2.74 bits per heavy atom. The van der Waals surface area contributed by atoms with E-state index in [1.165, 1.54) is 0 Å². The van der Waals surface area contributed by atoms with E-state index in [4.69, 9.17) is 9.47 Å². The van der Waals surface area contributed by atoms with Gasteiger partial charge in [-0.25, -0.2) is 0 Å². The number of pyridine rings is 1. The Labute approximate surface area is 122 Å². The molecule has 0 N–H and O–H groups in total. The van der Waals surface area contributed by atoms with Crippen LogP contribution in [0.1, 0.15) is 17.3 Å². The van der Waals surface area contributed by atoms with Gasteiger partial charge in [-0.1, -0.05) is 0 Å². The number of carbonyl (C=O) groups excluding carboxylic acids is 1. The minimum Gasteiger partial charge on any atom is -0.383 e. The zero-order valence-electron chi connectivity index (χ0n) is 11.4. The first-order valence-electron chi connectivity index (χ1n) is 5.99. The number of rotatable bonds is 7. The Hall–Kier alpha value is -0.980. The Morgan fingerprint density at radius 1 is 1.42 bits per heavy atom. The molecule has 0 radical (unpaired) electrons. The summed E-state index contributed by atoms with van der Waals surface area (Å²) in [6.07, 6.45) is 3.21. The summed E-state index contributed by atoms with van der Waals surface area (Å²) in [5, 5.41) is 0. The summed E-state index contributed by atoms with van der Waals surface area (Å²) in [5.74, 6) is -0.0737. The molecule has 6 heteroatoms. The first-order chi connectivity index (χ1) is 9.10. The van der Waals surface area contributed by atoms with E-state index in [0.29, 0.717) is 25.3 Å². The van der Waals surface area contributed by atoms with Gasteiger partial charge in [0.15, 0.2) is 0 Å². The van der Waals surface area contributed by atoms with Crippen molar-refractivity contribution in [2.75, 3.05) is 34.0 Å². The first-order valence-corrected chi connectivity index (χ1v) is 6.78. The topological polar surface area (TPSA) is 51.7 Å². The Morgan fingerprint density at radius 2 is 2.16 bits per heavy atom. The number of carbonyl (C=O) groups is 1. The van der Waals surface area contributed by atoms with Crippen LogP contribution in [0.4, 0.5) is 0 Å². The van der Waals surface area contributed by atoms with Crippen LogP contribution in [0, 0.1) is 0 Å². The molecule has 0 aliphatic heterocycles. The van der Waals surface area contributed by atoms with Crippen LogP contribution in [0.25, 0.3) is 0 Å². The highest BCUT2D eigenvalue weighted by Crippen LogP contribution is 2.13. The minimum absolute atomic E-state index is 0.0216. The monoisotopic (exact) mass is 330 g/mol. The summed E-state index contributed by atoms with van der Waals surface area (Å²) in [7, 11) is 3.24. The summed E-state index contributed by atoms with van der Waals surface area (Å²) in [5.41, 5.74) is 0.549. The van der Waals surface area contributed by atoms with Gasteiger partial charge in [0.25, 0.3) is 5.91 Å². The van der Waals surface area contributed by atoms with Gasteiger partial charge in [0.1, 0.15) is 0 Å². The molecule has 0 aliphatic carbocycles. The number of amides is 1. The molecular weight excluding hydrogens is 312 g/mol. The highest BCUT2D eigenvalue weighted by molar-refractivity contribution is 9.10. The molecule has 1 unspecified atom stereocenters. The van der Waals surface area contributed by atoms with E-state index in [9.17, 15) is 4.79 Å². The molecule has 1 rings (SSSR count). The van der Waals surface area contributed by atoms with E-state index >= 15 is 0 Å². The van der Waals surface area contributed by atoms with Crippen molar-refractivity contribution in [3.8, 4) is 0 Å². The van der Waals surface area contributed by atoms with E-state index in [1.54, 1.807) is 37.6 Å². The number of ether oxygens (including phenoxy) is 2. The number of hydrogen-bond acceptors (Lipinski definition) is 4. The summed E-state index contributed by atoms with van der Waals surface area (Å²) >= 11 is 3.32. The van der Waals surface area contributed by atoms with Crippen LogP contribution in [0.2, 0.25) is 0 Å². The second-order valence-electron chi connectivity index (χ2n) is 4.19. The third kappa shape index (κ3) is 4.89. The molecular formula is C13H19BrN2O3. The highest BCUT2D eigenvalue weighted by Gasteiger charge is 2.21. The fraction of sp³-hybridized carbons (Fsp3) is 0.538. The molecule has 0 aromatic carbocycles. The summed E-state index contributed by atoms with van der Waals surface area (Å²) < 4.78 is 10.9. The van der Waals surface area contributed by atoms with Crippen molar-refractivity contribution in [3.63, 3.8) is 0 Å². The van der Waals surface area contributed by atoms with Gasteiger partial charge in [-0.15, -0.1) is 0 Å². The molecule has 1 heterocycles. The van der Waals surface area contributed by atoms with Crippen molar-refractivity contribution in [1.82, 2.24) is 9.88 Å². The predicted octanol–water partition coefficient (Wildman–Crippen LogP) is 1.97. The van der Waals surface area contributed by atoms with Crippen LogP contribution in [0.15, 0.2) is 22.9 Å². The first kappa shape index (κ1) is 16.1. The molecule has 1 amide bonds. The van der Waals surface area contributed by atoms with Crippen LogP contribution in [0.5, 0.6) is 0 Å². The maximum absolute atomic E-state index is 12.5. The average Bonchev–Trinajstić information content (AvgIpc) is 2.39. The van der Waals surface area contributed by atoms with Gasteiger partial charge in [0.05, 0.1) is 24.8 Å². The molecule has 1 atom stereocenters. The fourth-order valence-corrected chi connectivity index (χ4v) is 2.10. The van der Waals surface area contributed by atoms with Crippen molar-refractivity contribution in [3.05, 3.63) is 28.5 Å². The SMILES string of the molecule is COCCN(C(=O)c1cncc(Br)c1)C(C)COC. The van der Waals surface area contributed by atoms with Gasteiger partial charge in [-0.05, 0) is 28.9 Å². The lowest BCUT2D eigenvalue weighted by Gasteiger charge is -2.28. The standard InChI is InChI=1S/C13H19BrN2O3/c1-10(9-19-3)16(4-5-18-2)13(17)11-6-12(14)8-15-7-11/h6-8,10H,4-5,9H2,1-3H3. The predicted molar refractivity (Wildman–Crippen MR) is 76.2 cm³/mol. The van der Waals surface area contributed by atoms with Crippen LogP contribution in [-0.2, 0) is 9.47 Å². The zero-order valence-corrected chi connectivity index (χ0v) is 13.0. The lowest BCUT2D eigenvalue weighted by molar-refractivity contribution is 0.0479. The van der Waals surface area contributed by atoms with Crippen molar-refractivity contribution in [2.45, 2.75) is 13.0 Å². The molecule has 0 spiro atoms. The van der Waals surface area contributed by atoms with Crippen LogP contribution < -0.4 is 0 Å². The Bertz CT molecular complexity index is 415. The van der Waals surface area contributed by atoms with Crippen LogP contribution in [-0.4, -0.2) is 55.8 Å². The average molecular weight is 331 g/mol. The number of methoxy groups -OCH3 is 2. The molecule has 19 heavy (non-hydrogen) atoms. The summed E-state index contributed by atoms with van der Waals surface area (Å²) in [4.78, 5) is 18.2. The van der Waals surface area contributed by atoms with Crippen LogP contribution in [0.3, 0.4) is 0 Å². The molecule has 0 aliphatic rings. The van der Waals surface area contributed by atoms with Crippen LogP contribution >= 0.6 is 15.9 Å². The normalized spacial score (nSPS) is 12.2. The van der Waals surface area contributed by atoms with Gasteiger partial charge in [0.2, 0.25) is 0 Å². The second kappa shape index (κ2) is 8.24. The molecule has 1 aromatic heterocycles. The third-order valence-electron chi connectivity index (χ3n) is 2.69. The van der Waals surface area contributed by atoms with Gasteiger partial charge in [-0.2, -0.15) is 0 Å². The van der Waals surface area contributed by atoms with Gasteiger partial charge in [-0.3, -0.25) is 9.78 Å². The highest BCUT2D eigenvalue weighted by atomic mass is 79.9. The lowest BCUT2D eigenvalue weighted by Crippen LogP contribution is -2.43. The lowest BCUT2D eigenvalue weighted by atomic mass is 10.2. The van der Waals surface area contributed by atoms with Gasteiger partial charge >= 0.3 is 0 Å².